The van der Waals surface area contributed by atoms with E-state index in [-0.39, 0.29) is 12.3 Å². The predicted octanol–water partition coefficient (Wildman–Crippen LogP) is 5.89. The molecule has 5 aromatic heterocycles. The van der Waals surface area contributed by atoms with E-state index in [0.717, 1.165) is 16.5 Å². The summed E-state index contributed by atoms with van der Waals surface area (Å²) in [6.45, 7) is 1.13. The van der Waals surface area contributed by atoms with E-state index in [4.69, 9.17) is 9.72 Å². The molecule has 0 saturated heterocycles. The topological polar surface area (TPSA) is 138 Å². The first kappa shape index (κ1) is 29.7. The van der Waals surface area contributed by atoms with Crippen molar-refractivity contribution in [3.8, 4) is 39.7 Å². The molecule has 5 heterocycles. The normalized spacial score (nSPS) is 11.4. The minimum Gasteiger partial charge on any atom is -0.492 e. The van der Waals surface area contributed by atoms with Gasteiger partial charge in [-0.2, -0.15) is 5.10 Å². The Morgan fingerprint density at radius 2 is 1.79 bits per heavy atom. The van der Waals surface area contributed by atoms with Gasteiger partial charge in [-0.1, -0.05) is 30.3 Å². The fourth-order valence-electron chi connectivity index (χ4n) is 5.29. The van der Waals surface area contributed by atoms with Crippen molar-refractivity contribution in [2.45, 2.75) is 6.42 Å². The molecular weight excluding hydrogens is 597 g/mol. The van der Waals surface area contributed by atoms with Crippen molar-refractivity contribution in [3.63, 3.8) is 0 Å². The van der Waals surface area contributed by atoms with E-state index in [0.29, 0.717) is 69.5 Å². The number of anilines is 1. The van der Waals surface area contributed by atoms with Crippen molar-refractivity contribution in [2.24, 2.45) is 0 Å². The molecule has 0 spiro atoms. The minimum absolute atomic E-state index is 0.138. The lowest BCUT2D eigenvalue weighted by molar-refractivity contribution is -0.115. The molecule has 7 rings (SSSR count). The van der Waals surface area contributed by atoms with Gasteiger partial charge in [-0.05, 0) is 49.5 Å². The van der Waals surface area contributed by atoms with Crippen LogP contribution in [0.1, 0.15) is 5.56 Å². The Morgan fingerprint density at radius 1 is 0.936 bits per heavy atom. The number of hydrogen-bond acceptors (Lipinski definition) is 8. The van der Waals surface area contributed by atoms with Crippen LogP contribution in [0, 0.1) is 5.82 Å². The van der Waals surface area contributed by atoms with Gasteiger partial charge in [-0.3, -0.25) is 24.8 Å². The first-order chi connectivity index (χ1) is 22.9. The second kappa shape index (κ2) is 12.8. The number of amides is 1. The third kappa shape index (κ3) is 6.53. The second-order valence-electron chi connectivity index (χ2n) is 11.4. The standard InChI is InChI=1S/C35H30FN9O2/c1-45(2)8-9-47-26-13-22(11-24(36)14-26)28-18-38-19-31-33(28)42-35(41-31)34-27-15-29(39-20-30(27)43-44-34)23-12-25(17-37-16-23)40-32(46)10-21-6-4-3-5-7-21/h3-7,11-20H,8-10H2,1-2H3,(H,40,46)(H,41,42)(H,43,44). The SMILES string of the molecule is CN(C)CCOc1cc(F)cc(-c2cncc3[nH]c(-c4n[nH]c5cnc(-c6cncc(NC(=O)Cc7ccccc7)c6)cc45)nc23)c1. The average Bonchev–Trinajstić information content (AvgIpc) is 3.69. The zero-order valence-electron chi connectivity index (χ0n) is 25.7. The molecule has 0 atom stereocenters. The number of nitrogens with one attached hydrogen (secondary N) is 3. The van der Waals surface area contributed by atoms with Crippen LogP contribution in [0.4, 0.5) is 10.1 Å². The van der Waals surface area contributed by atoms with Gasteiger partial charge in [0.05, 0.1) is 52.9 Å². The Labute approximate surface area is 268 Å². The summed E-state index contributed by atoms with van der Waals surface area (Å²) in [5.41, 5.74) is 6.70. The zero-order valence-corrected chi connectivity index (χ0v) is 25.7. The lowest BCUT2D eigenvalue weighted by Gasteiger charge is -2.12. The van der Waals surface area contributed by atoms with E-state index in [2.05, 4.69) is 35.5 Å². The van der Waals surface area contributed by atoms with E-state index in [9.17, 15) is 9.18 Å². The molecule has 0 bridgehead atoms. The number of carbonyl (C=O) groups excluding carboxylic acids is 1. The lowest BCUT2D eigenvalue weighted by atomic mass is 10.1. The summed E-state index contributed by atoms with van der Waals surface area (Å²) in [7, 11) is 3.90. The molecule has 0 aliphatic heterocycles. The molecule has 0 saturated carbocycles. The zero-order chi connectivity index (χ0) is 32.3. The van der Waals surface area contributed by atoms with Crippen LogP contribution in [0.3, 0.4) is 0 Å². The van der Waals surface area contributed by atoms with Crippen molar-refractivity contribution in [1.82, 2.24) is 40.0 Å². The van der Waals surface area contributed by atoms with Crippen molar-refractivity contribution in [2.75, 3.05) is 32.6 Å². The number of hydrogen-bond donors (Lipinski definition) is 3. The van der Waals surface area contributed by atoms with Crippen LogP contribution in [0.5, 0.6) is 5.75 Å². The summed E-state index contributed by atoms with van der Waals surface area (Å²) in [5.74, 6) is 0.391. The number of carbonyl (C=O) groups is 1. The monoisotopic (exact) mass is 627 g/mol. The number of ether oxygens (including phenoxy) is 1. The van der Waals surface area contributed by atoms with Gasteiger partial charge in [0.1, 0.15) is 23.9 Å². The van der Waals surface area contributed by atoms with E-state index in [1.807, 2.05) is 61.5 Å². The van der Waals surface area contributed by atoms with Crippen molar-refractivity contribution in [3.05, 3.63) is 103 Å². The number of H-pyrrole nitrogens is 2. The molecule has 0 fully saturated rings. The first-order valence-corrected chi connectivity index (χ1v) is 15.0. The van der Waals surface area contributed by atoms with E-state index < -0.39 is 5.82 Å². The van der Waals surface area contributed by atoms with Crippen molar-refractivity contribution >= 4 is 33.5 Å². The molecule has 11 nitrogen and oxygen atoms in total. The highest BCUT2D eigenvalue weighted by molar-refractivity contribution is 5.98. The third-order valence-corrected chi connectivity index (χ3v) is 7.58. The number of nitrogens with zero attached hydrogens (tertiary/aromatic N) is 6. The molecule has 2 aromatic carbocycles. The van der Waals surface area contributed by atoms with E-state index >= 15 is 0 Å². The molecule has 1 amide bonds. The second-order valence-corrected chi connectivity index (χ2v) is 11.4. The summed E-state index contributed by atoms with van der Waals surface area (Å²) in [6.07, 6.45) is 8.58. The fraction of sp³-hybridized carbons (Fsp3) is 0.143. The Hall–Kier alpha value is -6.01. The maximum Gasteiger partial charge on any atom is 0.228 e. The van der Waals surface area contributed by atoms with Gasteiger partial charge in [0.15, 0.2) is 5.82 Å². The molecule has 0 unspecified atom stereocenters. The largest absolute Gasteiger partial charge is 0.492 e. The summed E-state index contributed by atoms with van der Waals surface area (Å²) in [6, 6.07) is 17.9. The molecule has 12 heteroatoms. The number of halogens is 1. The predicted molar refractivity (Wildman–Crippen MR) is 178 cm³/mol. The van der Waals surface area contributed by atoms with Crippen LogP contribution in [0.25, 0.3) is 55.8 Å². The van der Waals surface area contributed by atoms with Gasteiger partial charge < -0.3 is 19.9 Å². The number of likely N-dealkylation sites (N-methyl/N-ethyl adjacent to an activating group) is 1. The summed E-state index contributed by atoms with van der Waals surface area (Å²) < 4.78 is 20.5. The van der Waals surface area contributed by atoms with Gasteiger partial charge in [0.25, 0.3) is 0 Å². The smallest absolute Gasteiger partial charge is 0.228 e. The fourth-order valence-corrected chi connectivity index (χ4v) is 5.29. The molecule has 0 radical (unpaired) electrons. The summed E-state index contributed by atoms with van der Waals surface area (Å²) in [4.78, 5) is 36.2. The number of benzene rings is 2. The van der Waals surface area contributed by atoms with Gasteiger partial charge in [0, 0.05) is 41.5 Å². The summed E-state index contributed by atoms with van der Waals surface area (Å²) in [5, 5.41) is 11.3. The minimum atomic E-state index is -0.414. The van der Waals surface area contributed by atoms with E-state index in [1.54, 1.807) is 37.1 Å². The molecule has 47 heavy (non-hydrogen) atoms. The summed E-state index contributed by atoms with van der Waals surface area (Å²) >= 11 is 0. The van der Waals surface area contributed by atoms with Crippen molar-refractivity contribution < 1.29 is 13.9 Å². The van der Waals surface area contributed by atoms with Crippen molar-refractivity contribution in [1.29, 1.82) is 0 Å². The van der Waals surface area contributed by atoms with E-state index in [1.165, 1.54) is 12.1 Å². The molecule has 0 aliphatic rings. The molecule has 3 N–H and O–H groups in total. The molecule has 0 aliphatic carbocycles. The number of fused-ring (bicyclic) bond motifs is 2. The maximum atomic E-state index is 14.7. The Kier molecular flexibility index (Phi) is 8.07. The Morgan fingerprint density at radius 3 is 2.64 bits per heavy atom. The Balaban J connectivity index is 1.18. The highest BCUT2D eigenvalue weighted by atomic mass is 19.1. The number of rotatable bonds is 10. The van der Waals surface area contributed by atoms with Gasteiger partial charge >= 0.3 is 0 Å². The van der Waals surface area contributed by atoms with Crippen LogP contribution in [0.15, 0.2) is 91.6 Å². The van der Waals surface area contributed by atoms with Crippen LogP contribution >= 0.6 is 0 Å². The highest BCUT2D eigenvalue weighted by Crippen LogP contribution is 2.34. The highest BCUT2D eigenvalue weighted by Gasteiger charge is 2.18. The molecule has 234 valence electrons. The molecular formula is C35H30FN9O2. The van der Waals surface area contributed by atoms with Crippen LogP contribution < -0.4 is 10.1 Å². The maximum absolute atomic E-state index is 14.7. The average molecular weight is 628 g/mol. The molecule has 7 aromatic rings. The quantitative estimate of drug-likeness (QED) is 0.171. The number of aromatic nitrogens is 7. The van der Waals surface area contributed by atoms with Gasteiger partial charge in [0.2, 0.25) is 5.91 Å². The van der Waals surface area contributed by atoms with Gasteiger partial charge in [-0.25, -0.2) is 9.37 Å². The van der Waals surface area contributed by atoms with Crippen LogP contribution in [0.2, 0.25) is 0 Å². The first-order valence-electron chi connectivity index (χ1n) is 15.0. The Bertz CT molecular complexity index is 2210. The lowest BCUT2D eigenvalue weighted by Crippen LogP contribution is -2.19. The van der Waals surface area contributed by atoms with Gasteiger partial charge in [-0.15, -0.1) is 0 Å². The third-order valence-electron chi connectivity index (χ3n) is 7.58. The number of aromatic amines is 2. The van der Waals surface area contributed by atoms with Crippen LogP contribution in [-0.2, 0) is 11.2 Å². The number of imidazole rings is 1. The number of pyridine rings is 3. The van der Waals surface area contributed by atoms with Crippen LogP contribution in [-0.4, -0.2) is 73.2 Å².